The topological polar surface area (TPSA) is 77.1 Å². The number of H-pyrrole nitrogens is 1. The molecule has 28 heavy (non-hydrogen) atoms. The summed E-state index contributed by atoms with van der Waals surface area (Å²) in [5, 5.41) is 14.2. The highest BCUT2D eigenvalue weighted by atomic mass is 35.5. The highest BCUT2D eigenvalue weighted by Crippen LogP contribution is 2.23. The van der Waals surface area contributed by atoms with Gasteiger partial charge in [-0.05, 0) is 36.4 Å². The second kappa shape index (κ2) is 7.85. The van der Waals surface area contributed by atoms with Crippen LogP contribution in [-0.4, -0.2) is 52.4 Å². The van der Waals surface area contributed by atoms with Crippen LogP contribution in [0.1, 0.15) is 10.5 Å². The molecule has 1 amide bonds. The zero-order valence-corrected chi connectivity index (χ0v) is 15.7. The number of nitrogens with one attached hydrogen (secondary N) is 2. The molecule has 7 nitrogen and oxygen atoms in total. The molecule has 0 spiro atoms. The van der Waals surface area contributed by atoms with Crippen molar-refractivity contribution in [2.75, 3.05) is 36.4 Å². The molecule has 2 heterocycles. The molecule has 0 bridgehead atoms. The van der Waals surface area contributed by atoms with Gasteiger partial charge in [-0.2, -0.15) is 5.21 Å². The van der Waals surface area contributed by atoms with Gasteiger partial charge in [0, 0.05) is 36.9 Å². The van der Waals surface area contributed by atoms with Crippen LogP contribution in [0.4, 0.5) is 21.6 Å². The van der Waals surface area contributed by atoms with Crippen molar-refractivity contribution in [2.45, 2.75) is 0 Å². The van der Waals surface area contributed by atoms with Crippen molar-refractivity contribution in [1.82, 2.24) is 20.3 Å². The first-order valence-corrected chi connectivity index (χ1v) is 9.22. The fourth-order valence-corrected chi connectivity index (χ4v) is 3.27. The molecule has 1 fully saturated rings. The zero-order valence-electron chi connectivity index (χ0n) is 14.9. The first kappa shape index (κ1) is 18.2. The van der Waals surface area contributed by atoms with E-state index in [1.54, 1.807) is 47.4 Å². The van der Waals surface area contributed by atoms with Crippen LogP contribution in [0.15, 0.2) is 48.5 Å². The molecular formula is C19H18ClFN6O. The van der Waals surface area contributed by atoms with Crippen molar-refractivity contribution >= 4 is 34.7 Å². The van der Waals surface area contributed by atoms with Crippen LogP contribution in [0.2, 0.25) is 5.02 Å². The van der Waals surface area contributed by atoms with Crippen molar-refractivity contribution in [2.24, 2.45) is 0 Å². The van der Waals surface area contributed by atoms with Crippen LogP contribution < -0.4 is 10.2 Å². The summed E-state index contributed by atoms with van der Waals surface area (Å²) in [6.07, 6.45) is 0. The van der Waals surface area contributed by atoms with E-state index >= 15 is 0 Å². The number of carbonyl (C=O) groups is 1. The zero-order chi connectivity index (χ0) is 19.5. The minimum atomic E-state index is -0.256. The molecule has 0 saturated carbocycles. The van der Waals surface area contributed by atoms with Crippen LogP contribution in [0.3, 0.4) is 0 Å². The first-order valence-electron chi connectivity index (χ1n) is 8.84. The number of aromatic amines is 1. The third kappa shape index (κ3) is 3.77. The largest absolute Gasteiger partial charge is 0.366 e. The molecule has 1 aliphatic heterocycles. The summed E-state index contributed by atoms with van der Waals surface area (Å²) >= 11 is 5.89. The fraction of sp³-hybridized carbons (Fsp3) is 0.211. The molecule has 0 unspecified atom stereocenters. The normalized spacial score (nSPS) is 14.2. The van der Waals surface area contributed by atoms with Crippen molar-refractivity contribution in [3.05, 3.63) is 65.1 Å². The van der Waals surface area contributed by atoms with Gasteiger partial charge in [0.05, 0.1) is 5.69 Å². The average Bonchev–Trinajstić information content (AvgIpc) is 3.18. The van der Waals surface area contributed by atoms with E-state index in [0.717, 1.165) is 5.69 Å². The van der Waals surface area contributed by atoms with Gasteiger partial charge in [-0.15, -0.1) is 10.2 Å². The van der Waals surface area contributed by atoms with E-state index in [1.165, 1.54) is 6.07 Å². The average molecular weight is 401 g/mol. The molecule has 144 valence electrons. The number of para-hydroxylation sites is 1. The maximum Gasteiger partial charge on any atom is 0.278 e. The fourth-order valence-electron chi connectivity index (χ4n) is 3.15. The van der Waals surface area contributed by atoms with E-state index in [-0.39, 0.29) is 17.4 Å². The van der Waals surface area contributed by atoms with E-state index < -0.39 is 0 Å². The molecule has 3 aromatic rings. The maximum absolute atomic E-state index is 14.0. The van der Waals surface area contributed by atoms with E-state index in [9.17, 15) is 9.18 Å². The number of carbonyl (C=O) groups excluding carboxylic acids is 1. The standard InChI is InChI=1S/C19H18ClFN6O/c20-13-5-7-14(8-6-13)22-18-17(23-25-24-18)19(28)27-11-9-26(10-12-27)16-4-2-1-3-15(16)21/h1-8H,9-12H2,(H2,22,23,24,25). The monoisotopic (exact) mass is 400 g/mol. The highest BCUT2D eigenvalue weighted by Gasteiger charge is 2.27. The molecule has 2 N–H and O–H groups in total. The number of anilines is 3. The predicted molar refractivity (Wildman–Crippen MR) is 106 cm³/mol. The SMILES string of the molecule is O=C(c1n[nH]nc1Nc1ccc(Cl)cc1)N1CCN(c2ccccc2F)CC1. The summed E-state index contributed by atoms with van der Waals surface area (Å²) in [4.78, 5) is 16.5. The number of benzene rings is 2. The molecule has 2 aromatic carbocycles. The number of hydrogen-bond donors (Lipinski definition) is 2. The molecular weight excluding hydrogens is 383 g/mol. The Labute approximate surface area is 166 Å². The van der Waals surface area contributed by atoms with Crippen molar-refractivity contribution in [3.63, 3.8) is 0 Å². The second-order valence-electron chi connectivity index (χ2n) is 6.38. The molecule has 4 rings (SSSR count). The number of hydrogen-bond acceptors (Lipinski definition) is 5. The summed E-state index contributed by atoms with van der Waals surface area (Å²) in [6, 6.07) is 13.7. The summed E-state index contributed by atoms with van der Waals surface area (Å²) in [7, 11) is 0. The quantitative estimate of drug-likeness (QED) is 0.702. The van der Waals surface area contributed by atoms with Crippen LogP contribution in [0.25, 0.3) is 0 Å². The number of nitrogens with zero attached hydrogens (tertiary/aromatic N) is 4. The Morgan fingerprint density at radius 2 is 1.75 bits per heavy atom. The minimum Gasteiger partial charge on any atom is -0.366 e. The van der Waals surface area contributed by atoms with Crippen LogP contribution in [-0.2, 0) is 0 Å². The van der Waals surface area contributed by atoms with Gasteiger partial charge in [0.15, 0.2) is 11.5 Å². The number of piperazine rings is 1. The van der Waals surface area contributed by atoms with Gasteiger partial charge < -0.3 is 15.1 Å². The Bertz CT molecular complexity index is 969. The predicted octanol–water partition coefficient (Wildman–Crippen LogP) is 3.30. The lowest BCUT2D eigenvalue weighted by molar-refractivity contribution is 0.0741. The van der Waals surface area contributed by atoms with Gasteiger partial charge in [0.1, 0.15) is 5.82 Å². The van der Waals surface area contributed by atoms with Crippen molar-refractivity contribution in [1.29, 1.82) is 0 Å². The highest BCUT2D eigenvalue weighted by molar-refractivity contribution is 6.30. The van der Waals surface area contributed by atoms with Gasteiger partial charge in [-0.3, -0.25) is 4.79 Å². The summed E-state index contributed by atoms with van der Waals surface area (Å²) in [5.41, 5.74) is 1.52. The van der Waals surface area contributed by atoms with E-state index in [0.29, 0.717) is 42.7 Å². The smallest absolute Gasteiger partial charge is 0.278 e. The third-order valence-electron chi connectivity index (χ3n) is 4.62. The third-order valence-corrected chi connectivity index (χ3v) is 4.87. The Balaban J connectivity index is 1.43. The van der Waals surface area contributed by atoms with Crippen molar-refractivity contribution in [3.8, 4) is 0 Å². The lowest BCUT2D eigenvalue weighted by Crippen LogP contribution is -2.49. The molecule has 0 radical (unpaired) electrons. The molecule has 1 aliphatic rings. The Morgan fingerprint density at radius 1 is 1.04 bits per heavy atom. The van der Waals surface area contributed by atoms with E-state index in [4.69, 9.17) is 11.6 Å². The van der Waals surface area contributed by atoms with Gasteiger partial charge in [0.2, 0.25) is 0 Å². The van der Waals surface area contributed by atoms with Crippen LogP contribution in [0.5, 0.6) is 0 Å². The molecule has 0 atom stereocenters. The Kier molecular flexibility index (Phi) is 5.12. The van der Waals surface area contributed by atoms with Gasteiger partial charge in [-0.1, -0.05) is 23.7 Å². The summed E-state index contributed by atoms with van der Waals surface area (Å²) in [6.45, 7) is 2.04. The van der Waals surface area contributed by atoms with Crippen molar-refractivity contribution < 1.29 is 9.18 Å². The number of amides is 1. The maximum atomic E-state index is 14.0. The number of aromatic nitrogens is 3. The summed E-state index contributed by atoms with van der Waals surface area (Å²) in [5.74, 6) is -0.129. The molecule has 1 saturated heterocycles. The van der Waals surface area contributed by atoms with Gasteiger partial charge in [0.25, 0.3) is 5.91 Å². The van der Waals surface area contributed by atoms with Gasteiger partial charge in [-0.25, -0.2) is 4.39 Å². The summed E-state index contributed by atoms with van der Waals surface area (Å²) < 4.78 is 14.0. The van der Waals surface area contributed by atoms with Crippen LogP contribution in [0, 0.1) is 5.82 Å². The Hall–Kier alpha value is -3.13. The number of halogens is 2. The lowest BCUT2D eigenvalue weighted by atomic mass is 10.2. The second-order valence-corrected chi connectivity index (χ2v) is 6.82. The van der Waals surface area contributed by atoms with Gasteiger partial charge >= 0.3 is 0 Å². The molecule has 1 aromatic heterocycles. The van der Waals surface area contributed by atoms with Crippen LogP contribution >= 0.6 is 11.6 Å². The lowest BCUT2D eigenvalue weighted by Gasteiger charge is -2.35. The Morgan fingerprint density at radius 3 is 2.46 bits per heavy atom. The molecule has 0 aliphatic carbocycles. The van der Waals surface area contributed by atoms with E-state index in [1.807, 2.05) is 4.90 Å². The minimum absolute atomic E-state index is 0.217. The number of rotatable bonds is 4. The molecule has 9 heteroatoms. The van der Waals surface area contributed by atoms with E-state index in [2.05, 4.69) is 20.7 Å². The first-order chi connectivity index (χ1) is 13.6.